The van der Waals surface area contributed by atoms with Gasteiger partial charge in [0.05, 0.1) is 12.8 Å². The molecule has 0 radical (unpaired) electrons. The third-order valence-corrected chi connectivity index (χ3v) is 5.35. The van der Waals surface area contributed by atoms with Gasteiger partial charge in [-0.25, -0.2) is 0 Å². The number of carbonyl (C=O) groups excluding carboxylic acids is 2. The van der Waals surface area contributed by atoms with Crippen LogP contribution in [-0.2, 0) is 9.59 Å². The number of thioether (sulfide) groups is 1. The molecule has 0 saturated heterocycles. The van der Waals surface area contributed by atoms with Gasteiger partial charge in [0.15, 0.2) is 0 Å². The highest BCUT2D eigenvalue weighted by atomic mass is 32.2. The molecular weight excluding hydrogens is 488 g/mol. The Bertz CT molecular complexity index is 1050. The Hall–Kier alpha value is -4.23. The number of hydrogen-bond acceptors (Lipinski definition) is 7. The topological polar surface area (TPSA) is 93.1 Å². The van der Waals surface area contributed by atoms with Gasteiger partial charge in [0.25, 0.3) is 0 Å². The first kappa shape index (κ1) is 29.0. The van der Waals surface area contributed by atoms with Crippen LogP contribution in [0.5, 0.6) is 23.0 Å². The van der Waals surface area contributed by atoms with Gasteiger partial charge in [-0.15, -0.1) is 0 Å². The molecule has 0 aliphatic heterocycles. The van der Waals surface area contributed by atoms with Crippen molar-refractivity contribution in [3.63, 3.8) is 0 Å². The number of carbonyl (C=O) groups is 2. The van der Waals surface area contributed by atoms with Crippen molar-refractivity contribution in [2.24, 2.45) is 0 Å². The summed E-state index contributed by atoms with van der Waals surface area (Å²) in [5.41, 5.74) is 0. The molecule has 0 amide bonds. The molecule has 0 heterocycles. The molecule has 4 aromatic carbocycles. The molecule has 2 N–H and O–H groups in total. The second-order valence-electron chi connectivity index (χ2n) is 7.36. The van der Waals surface area contributed by atoms with Crippen LogP contribution in [0.1, 0.15) is 12.8 Å². The van der Waals surface area contributed by atoms with Crippen LogP contribution in [0.3, 0.4) is 0 Å². The summed E-state index contributed by atoms with van der Waals surface area (Å²) in [6.07, 6.45) is 0.626. The average Bonchev–Trinajstić information content (AvgIpc) is 2.91. The summed E-state index contributed by atoms with van der Waals surface area (Å²) in [6.45, 7) is 0. The highest BCUT2D eigenvalue weighted by molar-refractivity contribution is 7.99. The summed E-state index contributed by atoms with van der Waals surface area (Å²) in [5.74, 6) is 2.44. The molecule has 0 aliphatic carbocycles. The fourth-order valence-electron chi connectivity index (χ4n) is 2.61. The molecular formula is C30H30O6S. The first-order chi connectivity index (χ1) is 18.0. The zero-order valence-electron chi connectivity index (χ0n) is 20.3. The van der Waals surface area contributed by atoms with Crippen molar-refractivity contribution in [1.29, 1.82) is 0 Å². The predicted molar refractivity (Wildman–Crippen MR) is 147 cm³/mol. The van der Waals surface area contributed by atoms with E-state index in [-0.39, 0.29) is 11.9 Å². The minimum absolute atomic E-state index is 0.268. The van der Waals surface area contributed by atoms with E-state index in [1.54, 1.807) is 72.8 Å². The summed E-state index contributed by atoms with van der Waals surface area (Å²) in [6, 6.07) is 35.4. The third kappa shape index (κ3) is 14.7. The molecule has 37 heavy (non-hydrogen) atoms. The van der Waals surface area contributed by atoms with E-state index in [0.717, 1.165) is 0 Å². The Morgan fingerprint density at radius 1 is 0.514 bits per heavy atom. The molecule has 4 rings (SSSR count). The maximum atomic E-state index is 11.6. The Kier molecular flexibility index (Phi) is 14.2. The van der Waals surface area contributed by atoms with Crippen molar-refractivity contribution < 1.29 is 29.3 Å². The molecule has 0 aliphatic rings. The Balaban J connectivity index is 0.000000276. The highest BCUT2D eigenvalue weighted by Crippen LogP contribution is 2.13. The molecule has 192 valence electrons. The van der Waals surface area contributed by atoms with Crippen molar-refractivity contribution >= 4 is 23.7 Å². The van der Waals surface area contributed by atoms with Crippen LogP contribution in [-0.4, -0.2) is 33.7 Å². The largest absolute Gasteiger partial charge is 0.508 e. The van der Waals surface area contributed by atoms with Crippen molar-refractivity contribution in [3.8, 4) is 23.0 Å². The Labute approximate surface area is 221 Å². The summed E-state index contributed by atoms with van der Waals surface area (Å²) >= 11 is 1.53. The number of aromatic hydroxyl groups is 2. The van der Waals surface area contributed by atoms with E-state index in [1.165, 1.54) is 11.8 Å². The summed E-state index contributed by atoms with van der Waals surface area (Å²) in [7, 11) is 0. The third-order valence-electron chi connectivity index (χ3n) is 4.36. The maximum Gasteiger partial charge on any atom is 0.312 e. The van der Waals surface area contributed by atoms with Crippen LogP contribution in [0, 0.1) is 0 Å². The number of rotatable bonds is 8. The molecule has 0 unspecified atom stereocenters. The van der Waals surface area contributed by atoms with E-state index >= 15 is 0 Å². The molecule has 7 heteroatoms. The number of phenolic OH excluding ortho intramolecular Hbond substituents is 2. The van der Waals surface area contributed by atoms with Crippen LogP contribution in [0.25, 0.3) is 0 Å². The summed E-state index contributed by atoms with van der Waals surface area (Å²) in [5, 5.41) is 17.3. The van der Waals surface area contributed by atoms with Gasteiger partial charge in [-0.2, -0.15) is 11.8 Å². The summed E-state index contributed by atoms with van der Waals surface area (Å²) < 4.78 is 10.4. The molecule has 4 aromatic rings. The fraction of sp³-hybridized carbons (Fsp3) is 0.133. The Morgan fingerprint density at radius 3 is 1.08 bits per heavy atom. The maximum absolute atomic E-state index is 11.6. The molecule has 0 fully saturated rings. The Morgan fingerprint density at radius 2 is 0.811 bits per heavy atom. The first-order valence-corrected chi connectivity index (χ1v) is 12.8. The molecule has 0 atom stereocenters. The van der Waals surface area contributed by atoms with Gasteiger partial charge in [0.1, 0.15) is 23.0 Å². The van der Waals surface area contributed by atoms with Gasteiger partial charge in [0, 0.05) is 11.5 Å². The molecule has 0 bridgehead atoms. The number of hydrogen-bond donors (Lipinski definition) is 2. The monoisotopic (exact) mass is 518 g/mol. The second-order valence-corrected chi connectivity index (χ2v) is 8.58. The zero-order valence-corrected chi connectivity index (χ0v) is 21.1. The van der Waals surface area contributed by atoms with Crippen LogP contribution in [0.15, 0.2) is 121 Å². The van der Waals surface area contributed by atoms with E-state index in [1.807, 2.05) is 48.5 Å². The van der Waals surface area contributed by atoms with Crippen LogP contribution >= 0.6 is 11.8 Å². The van der Waals surface area contributed by atoms with Gasteiger partial charge in [-0.05, 0) is 48.5 Å². The molecule has 0 saturated carbocycles. The van der Waals surface area contributed by atoms with Gasteiger partial charge >= 0.3 is 11.9 Å². The van der Waals surface area contributed by atoms with Crippen LogP contribution in [0.2, 0.25) is 0 Å². The molecule has 6 nitrogen and oxygen atoms in total. The van der Waals surface area contributed by atoms with E-state index in [4.69, 9.17) is 19.7 Å². The number of ether oxygens (including phenoxy) is 2. The molecule has 0 spiro atoms. The lowest BCUT2D eigenvalue weighted by Crippen LogP contribution is -2.10. The van der Waals surface area contributed by atoms with E-state index in [2.05, 4.69) is 0 Å². The van der Waals surface area contributed by atoms with Gasteiger partial charge in [-0.1, -0.05) is 72.8 Å². The van der Waals surface area contributed by atoms with E-state index in [9.17, 15) is 9.59 Å². The van der Waals surface area contributed by atoms with Crippen LogP contribution in [0.4, 0.5) is 0 Å². The van der Waals surface area contributed by atoms with E-state index in [0.29, 0.717) is 47.3 Å². The number of para-hydroxylation sites is 4. The predicted octanol–water partition coefficient (Wildman–Crippen LogP) is 6.50. The number of phenols is 2. The normalized spacial score (nSPS) is 9.51. The standard InChI is InChI=1S/C18H18O4S.2C6H6O/c19-17(21-15-7-3-1-4-8-15)11-13-23-14-12-18(20)22-16-9-5-2-6-10-16;2*7-6-4-2-1-3-5-6/h1-10H,11-14H2;2*1-5,7H. The van der Waals surface area contributed by atoms with Crippen molar-refractivity contribution in [3.05, 3.63) is 121 Å². The number of benzene rings is 4. The minimum Gasteiger partial charge on any atom is -0.508 e. The first-order valence-electron chi connectivity index (χ1n) is 11.6. The van der Waals surface area contributed by atoms with Crippen molar-refractivity contribution in [1.82, 2.24) is 0 Å². The number of esters is 2. The van der Waals surface area contributed by atoms with Crippen molar-refractivity contribution in [2.75, 3.05) is 11.5 Å². The van der Waals surface area contributed by atoms with Gasteiger partial charge in [-0.3, -0.25) is 9.59 Å². The minimum atomic E-state index is -0.268. The lowest BCUT2D eigenvalue weighted by Gasteiger charge is -2.05. The van der Waals surface area contributed by atoms with E-state index < -0.39 is 0 Å². The van der Waals surface area contributed by atoms with Crippen molar-refractivity contribution in [2.45, 2.75) is 12.8 Å². The average molecular weight is 519 g/mol. The fourth-order valence-corrected chi connectivity index (χ4v) is 3.44. The SMILES string of the molecule is O=C(CCSCCC(=O)Oc1ccccc1)Oc1ccccc1.Oc1ccccc1.Oc1ccccc1. The second kappa shape index (κ2) is 18.1. The lowest BCUT2D eigenvalue weighted by atomic mass is 10.3. The summed E-state index contributed by atoms with van der Waals surface area (Å²) in [4.78, 5) is 23.2. The smallest absolute Gasteiger partial charge is 0.312 e. The van der Waals surface area contributed by atoms with Gasteiger partial charge in [0.2, 0.25) is 0 Å². The lowest BCUT2D eigenvalue weighted by molar-refractivity contribution is -0.134. The molecule has 0 aromatic heterocycles. The zero-order chi connectivity index (χ0) is 26.6. The van der Waals surface area contributed by atoms with Crippen LogP contribution < -0.4 is 9.47 Å². The highest BCUT2D eigenvalue weighted by Gasteiger charge is 2.07. The quantitative estimate of drug-likeness (QED) is 0.156. The van der Waals surface area contributed by atoms with Gasteiger partial charge < -0.3 is 19.7 Å².